The van der Waals surface area contributed by atoms with Crippen LogP contribution in [0.4, 0.5) is 5.69 Å². The molecule has 62 valence electrons. The molecule has 0 amide bonds. The van der Waals surface area contributed by atoms with Crippen molar-refractivity contribution in [2.24, 2.45) is 0 Å². The molecule has 12 heavy (non-hydrogen) atoms. The summed E-state index contributed by atoms with van der Waals surface area (Å²) in [4.78, 5) is 0. The molecule has 0 saturated carbocycles. The molecule has 1 heterocycles. The van der Waals surface area contributed by atoms with Crippen molar-refractivity contribution >= 4 is 11.9 Å². The van der Waals surface area contributed by atoms with Gasteiger partial charge in [0.1, 0.15) is 5.75 Å². The van der Waals surface area contributed by atoms with Crippen LogP contribution in [0.2, 0.25) is 0 Å². The molecule has 0 atom stereocenters. The summed E-state index contributed by atoms with van der Waals surface area (Å²) >= 11 is 0. The van der Waals surface area contributed by atoms with E-state index in [2.05, 4.69) is 0 Å². The van der Waals surface area contributed by atoms with Crippen LogP contribution in [0.1, 0.15) is 12.0 Å². The highest BCUT2D eigenvalue weighted by Crippen LogP contribution is 2.26. The van der Waals surface area contributed by atoms with Crippen LogP contribution in [-0.4, -0.2) is 16.1 Å². The van der Waals surface area contributed by atoms with E-state index >= 15 is 0 Å². The molecular weight excluding hydrogens is 154 g/mol. The fourth-order valence-electron chi connectivity index (χ4n) is 1.40. The number of nitrogens with zero attached hydrogens (tertiary/aromatic N) is 1. The minimum Gasteiger partial charge on any atom is -0.619 e. The van der Waals surface area contributed by atoms with E-state index in [9.17, 15) is 5.21 Å². The van der Waals surface area contributed by atoms with Gasteiger partial charge in [0.2, 0.25) is 5.69 Å². The first-order chi connectivity index (χ1) is 5.77. The van der Waals surface area contributed by atoms with Gasteiger partial charge >= 0.3 is 0 Å². The highest BCUT2D eigenvalue weighted by molar-refractivity contribution is 5.60. The van der Waals surface area contributed by atoms with Crippen molar-refractivity contribution in [1.29, 1.82) is 0 Å². The van der Waals surface area contributed by atoms with Crippen LogP contribution in [0, 0.1) is 5.21 Å². The normalized spacial score (nSPS) is 15.2. The first-order valence-corrected chi connectivity index (χ1v) is 3.89. The molecule has 1 N–H and O–H groups in total. The minimum atomic E-state index is 0.143. The summed E-state index contributed by atoms with van der Waals surface area (Å²) in [5.41, 5.74) is 1.58. The van der Waals surface area contributed by atoms with Gasteiger partial charge in [-0.1, -0.05) is 0 Å². The molecule has 3 nitrogen and oxygen atoms in total. The van der Waals surface area contributed by atoms with Crippen molar-refractivity contribution in [3.63, 3.8) is 0 Å². The first-order valence-electron chi connectivity index (χ1n) is 3.89. The largest absolute Gasteiger partial charge is 0.619 e. The van der Waals surface area contributed by atoms with Gasteiger partial charge in [-0.3, -0.25) is 0 Å². The molecule has 0 spiro atoms. The molecule has 1 aliphatic rings. The Kier molecular flexibility index (Phi) is 1.50. The van der Waals surface area contributed by atoms with Gasteiger partial charge in [-0.2, -0.15) is 4.74 Å². The molecule has 2 rings (SSSR count). The fourth-order valence-corrected chi connectivity index (χ4v) is 1.40. The van der Waals surface area contributed by atoms with Gasteiger partial charge in [0.25, 0.3) is 0 Å². The third kappa shape index (κ3) is 1.03. The number of phenolic OH excluding ortho intramolecular Hbond substituents is 1. The summed E-state index contributed by atoms with van der Waals surface area (Å²) in [6, 6.07) is 4.90. The average Bonchev–Trinajstić information content (AvgIpc) is 2.07. The van der Waals surface area contributed by atoms with Crippen LogP contribution in [0.3, 0.4) is 0 Å². The highest BCUT2D eigenvalue weighted by atomic mass is 16.5. The van der Waals surface area contributed by atoms with E-state index in [1.807, 2.05) is 0 Å². The zero-order chi connectivity index (χ0) is 8.55. The highest BCUT2D eigenvalue weighted by Gasteiger charge is 2.14. The van der Waals surface area contributed by atoms with Crippen molar-refractivity contribution in [3.05, 3.63) is 29.0 Å². The van der Waals surface area contributed by atoms with Crippen LogP contribution >= 0.6 is 0 Å². The Morgan fingerprint density at radius 2 is 2.25 bits per heavy atom. The topological polar surface area (TPSA) is 46.3 Å². The number of phenols is 1. The van der Waals surface area contributed by atoms with Gasteiger partial charge in [-0.05, 0) is 18.6 Å². The summed E-state index contributed by atoms with van der Waals surface area (Å²) in [6.07, 6.45) is 3.25. The van der Waals surface area contributed by atoms with Crippen LogP contribution < -0.4 is 0 Å². The fraction of sp³-hybridized carbons (Fsp3) is 0.222. The SMILES string of the molecule is [O-][N+]1=CCCc2ccc(O)cc21. The van der Waals surface area contributed by atoms with E-state index in [0.717, 1.165) is 23.1 Å². The van der Waals surface area contributed by atoms with E-state index < -0.39 is 0 Å². The smallest absolute Gasteiger partial charge is 0.223 e. The van der Waals surface area contributed by atoms with Gasteiger partial charge < -0.3 is 10.3 Å². The van der Waals surface area contributed by atoms with E-state index in [1.165, 1.54) is 6.07 Å². The predicted molar refractivity (Wildman–Crippen MR) is 45.8 cm³/mol. The lowest BCUT2D eigenvalue weighted by Crippen LogP contribution is -2.07. The number of fused-ring (bicyclic) bond motifs is 1. The Hall–Kier alpha value is -1.51. The molecule has 0 aromatic heterocycles. The third-order valence-electron chi connectivity index (χ3n) is 2.01. The van der Waals surface area contributed by atoms with Gasteiger partial charge in [-0.15, -0.1) is 0 Å². The van der Waals surface area contributed by atoms with Crippen LogP contribution in [0.5, 0.6) is 5.75 Å². The number of rotatable bonds is 0. The zero-order valence-electron chi connectivity index (χ0n) is 6.53. The van der Waals surface area contributed by atoms with E-state index in [0.29, 0.717) is 5.69 Å². The molecule has 3 heteroatoms. The molecule has 0 saturated heterocycles. The molecular formula is C9H9NO2. The summed E-state index contributed by atoms with van der Waals surface area (Å²) in [5.74, 6) is 0.143. The molecule has 0 fully saturated rings. The van der Waals surface area contributed by atoms with Gasteiger partial charge in [0.05, 0.1) is 6.07 Å². The maximum absolute atomic E-state index is 11.2. The zero-order valence-corrected chi connectivity index (χ0v) is 6.53. The van der Waals surface area contributed by atoms with Crippen molar-refractivity contribution in [2.75, 3.05) is 0 Å². The van der Waals surface area contributed by atoms with Gasteiger partial charge in [0, 0.05) is 12.0 Å². The molecule has 1 aromatic rings. The Labute approximate surface area is 70.2 Å². The maximum atomic E-state index is 11.2. The number of aromatic hydroxyl groups is 1. The van der Waals surface area contributed by atoms with Gasteiger partial charge in [0.15, 0.2) is 6.21 Å². The molecule has 0 unspecified atom stereocenters. The third-order valence-corrected chi connectivity index (χ3v) is 2.01. The monoisotopic (exact) mass is 163 g/mol. The maximum Gasteiger partial charge on any atom is 0.223 e. The number of benzene rings is 1. The predicted octanol–water partition coefficient (Wildman–Crippen LogP) is 1.55. The van der Waals surface area contributed by atoms with Crippen LogP contribution in [-0.2, 0) is 6.42 Å². The summed E-state index contributed by atoms with van der Waals surface area (Å²) in [5, 5.41) is 20.3. The van der Waals surface area contributed by atoms with E-state index in [4.69, 9.17) is 5.11 Å². The Morgan fingerprint density at radius 3 is 3.08 bits per heavy atom. The second-order valence-corrected chi connectivity index (χ2v) is 2.86. The lowest BCUT2D eigenvalue weighted by atomic mass is 10.1. The van der Waals surface area contributed by atoms with Crippen molar-refractivity contribution in [2.45, 2.75) is 12.8 Å². The van der Waals surface area contributed by atoms with Crippen molar-refractivity contribution < 1.29 is 9.85 Å². The quantitative estimate of drug-likeness (QED) is 0.466. The number of hydrogen-bond donors (Lipinski definition) is 1. The number of aryl methyl sites for hydroxylation is 1. The second-order valence-electron chi connectivity index (χ2n) is 2.86. The molecule has 0 aliphatic carbocycles. The lowest BCUT2D eigenvalue weighted by molar-refractivity contribution is -0.359. The number of hydrogen-bond acceptors (Lipinski definition) is 2. The van der Waals surface area contributed by atoms with E-state index in [1.54, 1.807) is 18.3 Å². The second kappa shape index (κ2) is 2.52. The van der Waals surface area contributed by atoms with Crippen LogP contribution in [0.15, 0.2) is 18.2 Å². The Balaban J connectivity index is 2.58. The summed E-state index contributed by atoms with van der Waals surface area (Å²) in [7, 11) is 0. The van der Waals surface area contributed by atoms with Gasteiger partial charge in [-0.25, -0.2) is 0 Å². The summed E-state index contributed by atoms with van der Waals surface area (Å²) in [6.45, 7) is 0. The standard InChI is InChI=1S/C9H9NO2/c11-8-4-3-7-2-1-5-10(12)9(7)6-8/h3-6,11H,1-2H2. The molecule has 1 aromatic carbocycles. The first kappa shape index (κ1) is 7.16. The van der Waals surface area contributed by atoms with Crippen LogP contribution in [0.25, 0.3) is 0 Å². The van der Waals surface area contributed by atoms with Crippen molar-refractivity contribution in [3.8, 4) is 5.75 Å². The molecule has 0 radical (unpaired) electrons. The van der Waals surface area contributed by atoms with E-state index in [-0.39, 0.29) is 5.75 Å². The average molecular weight is 163 g/mol. The minimum absolute atomic E-state index is 0.143. The Bertz CT molecular complexity index is 344. The Morgan fingerprint density at radius 1 is 1.42 bits per heavy atom. The summed E-state index contributed by atoms with van der Waals surface area (Å²) < 4.78 is 0.818. The molecule has 0 bridgehead atoms. The van der Waals surface area contributed by atoms with Crippen molar-refractivity contribution in [1.82, 2.24) is 0 Å². The molecule has 1 aliphatic heterocycles. The lowest BCUT2D eigenvalue weighted by Gasteiger charge is -2.12.